The standard InChI is InChI=1S/C15H11Cl2IN2/c1-9-11(17)3-2-4-13(9)20-14-6-5-10(18)7-12(14)19-15(20)8-16/h2-7H,8H2,1H3. The molecule has 5 heteroatoms. The van der Waals surface area contributed by atoms with Crippen LogP contribution >= 0.6 is 45.8 Å². The molecule has 0 atom stereocenters. The molecule has 3 rings (SSSR count). The highest BCUT2D eigenvalue weighted by Crippen LogP contribution is 2.28. The van der Waals surface area contributed by atoms with Gasteiger partial charge in [0.25, 0.3) is 0 Å². The maximum Gasteiger partial charge on any atom is 0.129 e. The van der Waals surface area contributed by atoms with Gasteiger partial charge in [0.15, 0.2) is 0 Å². The molecule has 0 bridgehead atoms. The van der Waals surface area contributed by atoms with E-state index in [9.17, 15) is 0 Å². The number of benzene rings is 2. The number of nitrogens with zero attached hydrogens (tertiary/aromatic N) is 2. The Hall–Kier alpha value is -0.780. The van der Waals surface area contributed by atoms with Gasteiger partial charge in [-0.15, -0.1) is 11.6 Å². The van der Waals surface area contributed by atoms with Crippen LogP contribution in [-0.4, -0.2) is 9.55 Å². The van der Waals surface area contributed by atoms with Crippen LogP contribution in [0.1, 0.15) is 11.4 Å². The van der Waals surface area contributed by atoms with Crippen molar-refractivity contribution in [1.29, 1.82) is 0 Å². The monoisotopic (exact) mass is 416 g/mol. The van der Waals surface area contributed by atoms with E-state index in [4.69, 9.17) is 23.2 Å². The van der Waals surface area contributed by atoms with E-state index in [2.05, 4.69) is 50.3 Å². The first-order valence-corrected chi connectivity index (χ1v) is 8.09. The minimum Gasteiger partial charge on any atom is -0.295 e. The van der Waals surface area contributed by atoms with Gasteiger partial charge in [-0.2, -0.15) is 0 Å². The van der Waals surface area contributed by atoms with Crippen molar-refractivity contribution in [3.63, 3.8) is 0 Å². The third-order valence-corrected chi connectivity index (χ3v) is 4.61. The number of hydrogen-bond acceptors (Lipinski definition) is 1. The molecule has 0 aliphatic carbocycles. The summed E-state index contributed by atoms with van der Waals surface area (Å²) in [7, 11) is 0. The quantitative estimate of drug-likeness (QED) is 0.407. The summed E-state index contributed by atoms with van der Waals surface area (Å²) in [5.74, 6) is 1.19. The van der Waals surface area contributed by atoms with Crippen LogP contribution < -0.4 is 0 Å². The van der Waals surface area contributed by atoms with E-state index in [1.54, 1.807) is 0 Å². The molecular weight excluding hydrogens is 406 g/mol. The van der Waals surface area contributed by atoms with E-state index < -0.39 is 0 Å². The highest BCUT2D eigenvalue weighted by molar-refractivity contribution is 14.1. The third-order valence-electron chi connectivity index (χ3n) is 3.29. The second kappa shape index (κ2) is 5.54. The fourth-order valence-corrected chi connectivity index (χ4v) is 3.12. The number of rotatable bonds is 2. The average Bonchev–Trinajstić information content (AvgIpc) is 2.79. The Bertz CT molecular complexity index is 796. The summed E-state index contributed by atoms with van der Waals surface area (Å²) < 4.78 is 3.24. The van der Waals surface area contributed by atoms with Crippen molar-refractivity contribution in [3.8, 4) is 5.69 Å². The molecule has 1 heterocycles. The van der Waals surface area contributed by atoms with Crippen LogP contribution in [0.2, 0.25) is 5.02 Å². The van der Waals surface area contributed by atoms with E-state index in [-0.39, 0.29) is 0 Å². The normalized spacial score (nSPS) is 11.2. The molecule has 3 aromatic rings. The maximum atomic E-state index is 6.23. The zero-order valence-electron chi connectivity index (χ0n) is 10.7. The smallest absolute Gasteiger partial charge is 0.129 e. The number of halogens is 3. The van der Waals surface area contributed by atoms with E-state index in [1.165, 1.54) is 0 Å². The molecular formula is C15H11Cl2IN2. The molecule has 0 spiro atoms. The van der Waals surface area contributed by atoms with Crippen LogP contribution in [0.5, 0.6) is 0 Å². The summed E-state index contributed by atoms with van der Waals surface area (Å²) in [6, 6.07) is 12.1. The first-order valence-electron chi connectivity index (χ1n) is 6.10. The summed E-state index contributed by atoms with van der Waals surface area (Å²) in [5.41, 5.74) is 4.05. The van der Waals surface area contributed by atoms with Crippen molar-refractivity contribution >= 4 is 56.8 Å². The molecule has 1 aromatic heterocycles. The Kier molecular flexibility index (Phi) is 3.93. The fourth-order valence-electron chi connectivity index (χ4n) is 2.30. The number of aromatic nitrogens is 2. The van der Waals surface area contributed by atoms with Crippen molar-refractivity contribution in [2.24, 2.45) is 0 Å². The highest BCUT2D eigenvalue weighted by Gasteiger charge is 2.14. The average molecular weight is 417 g/mol. The molecule has 2 nitrogen and oxygen atoms in total. The lowest BCUT2D eigenvalue weighted by atomic mass is 10.2. The van der Waals surface area contributed by atoms with Gasteiger partial charge in [0.05, 0.1) is 22.6 Å². The molecule has 102 valence electrons. The zero-order chi connectivity index (χ0) is 14.3. The minimum absolute atomic E-state index is 0.358. The van der Waals surface area contributed by atoms with Crippen LogP contribution in [0.15, 0.2) is 36.4 Å². The first kappa shape index (κ1) is 14.2. The van der Waals surface area contributed by atoms with Crippen LogP contribution in [0.4, 0.5) is 0 Å². The van der Waals surface area contributed by atoms with Gasteiger partial charge in [-0.25, -0.2) is 4.98 Å². The van der Waals surface area contributed by atoms with Gasteiger partial charge in [-0.05, 0) is 65.4 Å². The van der Waals surface area contributed by atoms with Gasteiger partial charge in [0.1, 0.15) is 5.82 Å². The summed E-state index contributed by atoms with van der Waals surface area (Å²) >= 11 is 14.6. The van der Waals surface area contributed by atoms with Crippen LogP contribution in [-0.2, 0) is 5.88 Å². The molecule has 0 fully saturated rings. The summed E-state index contributed by atoms with van der Waals surface area (Å²) in [5, 5.41) is 0.746. The molecule has 0 radical (unpaired) electrons. The van der Waals surface area contributed by atoms with Gasteiger partial charge >= 0.3 is 0 Å². The first-order chi connectivity index (χ1) is 9.61. The predicted molar refractivity (Wildman–Crippen MR) is 93.1 cm³/mol. The van der Waals surface area contributed by atoms with Crippen molar-refractivity contribution in [3.05, 3.63) is 56.4 Å². The second-order valence-electron chi connectivity index (χ2n) is 4.51. The largest absolute Gasteiger partial charge is 0.295 e. The summed E-state index contributed by atoms with van der Waals surface area (Å²) in [6.07, 6.45) is 0. The summed E-state index contributed by atoms with van der Waals surface area (Å²) in [6.45, 7) is 2.01. The van der Waals surface area contributed by atoms with Crippen LogP contribution in [0.3, 0.4) is 0 Å². The molecule has 20 heavy (non-hydrogen) atoms. The van der Waals surface area contributed by atoms with E-state index >= 15 is 0 Å². The fraction of sp³-hybridized carbons (Fsp3) is 0.133. The molecule has 0 unspecified atom stereocenters. The Balaban J connectivity index is 2.37. The van der Waals surface area contributed by atoms with Gasteiger partial charge < -0.3 is 0 Å². The molecule has 0 N–H and O–H groups in total. The Morgan fingerprint density at radius 3 is 2.80 bits per heavy atom. The SMILES string of the molecule is Cc1c(Cl)cccc1-n1c(CCl)nc2cc(I)ccc21. The lowest BCUT2D eigenvalue weighted by Gasteiger charge is -2.12. The lowest BCUT2D eigenvalue weighted by Crippen LogP contribution is -2.01. The van der Waals surface area contributed by atoms with Gasteiger partial charge in [0, 0.05) is 8.59 Å². The molecule has 0 amide bonds. The third kappa shape index (κ3) is 2.32. The lowest BCUT2D eigenvalue weighted by molar-refractivity contribution is 0.972. The number of hydrogen-bond donors (Lipinski definition) is 0. The summed E-state index contributed by atoms with van der Waals surface area (Å²) in [4.78, 5) is 4.62. The Morgan fingerprint density at radius 1 is 1.25 bits per heavy atom. The van der Waals surface area contributed by atoms with E-state index in [0.717, 1.165) is 36.7 Å². The van der Waals surface area contributed by atoms with Crippen molar-refractivity contribution in [2.75, 3.05) is 0 Å². The van der Waals surface area contributed by atoms with Crippen molar-refractivity contribution in [2.45, 2.75) is 12.8 Å². The van der Waals surface area contributed by atoms with Gasteiger partial charge in [-0.1, -0.05) is 17.7 Å². The van der Waals surface area contributed by atoms with Crippen LogP contribution in [0.25, 0.3) is 16.7 Å². The topological polar surface area (TPSA) is 17.8 Å². The number of alkyl halides is 1. The minimum atomic E-state index is 0.358. The Morgan fingerprint density at radius 2 is 2.05 bits per heavy atom. The van der Waals surface area contributed by atoms with Crippen molar-refractivity contribution < 1.29 is 0 Å². The maximum absolute atomic E-state index is 6.23. The predicted octanol–water partition coefficient (Wildman–Crippen LogP) is 5.33. The molecule has 0 aliphatic heterocycles. The molecule has 0 saturated carbocycles. The molecule has 0 aliphatic rings. The highest BCUT2D eigenvalue weighted by atomic mass is 127. The number of imidazole rings is 1. The van der Waals surface area contributed by atoms with E-state index in [0.29, 0.717) is 5.88 Å². The molecule has 0 saturated heterocycles. The van der Waals surface area contributed by atoms with Gasteiger partial charge in [-0.3, -0.25) is 4.57 Å². The van der Waals surface area contributed by atoms with Crippen LogP contribution in [0, 0.1) is 10.5 Å². The second-order valence-corrected chi connectivity index (χ2v) is 6.43. The molecule has 2 aromatic carbocycles. The number of fused-ring (bicyclic) bond motifs is 1. The zero-order valence-corrected chi connectivity index (χ0v) is 14.4. The Labute approximate surface area is 140 Å². The van der Waals surface area contributed by atoms with E-state index in [1.807, 2.05) is 25.1 Å². The van der Waals surface area contributed by atoms with Crippen molar-refractivity contribution in [1.82, 2.24) is 9.55 Å². The van der Waals surface area contributed by atoms with Gasteiger partial charge in [0.2, 0.25) is 0 Å².